The van der Waals surface area contributed by atoms with E-state index in [-0.39, 0.29) is 0 Å². The largest absolute Gasteiger partial charge is 0.488 e. The fourth-order valence-corrected chi connectivity index (χ4v) is 3.25. The quantitative estimate of drug-likeness (QED) is 0.695. The van der Waals surface area contributed by atoms with Crippen molar-refractivity contribution in [3.63, 3.8) is 0 Å². The minimum atomic E-state index is 0.581. The first-order valence-corrected chi connectivity index (χ1v) is 7.78. The first kappa shape index (κ1) is 14.2. The number of hydrogen-bond donors (Lipinski definition) is 0. The highest BCUT2D eigenvalue weighted by molar-refractivity contribution is 6.31. The number of benzene rings is 2. The summed E-state index contributed by atoms with van der Waals surface area (Å²) in [6.45, 7) is 4.42. The van der Waals surface area contributed by atoms with Crippen LogP contribution in [0.15, 0.2) is 49.1 Å². The van der Waals surface area contributed by atoms with Crippen molar-refractivity contribution in [2.75, 3.05) is 0 Å². The molecule has 0 unspecified atom stereocenters. The fraction of sp³-hybridized carbons (Fsp3) is 0.263. The second kappa shape index (κ2) is 6.36. The van der Waals surface area contributed by atoms with Gasteiger partial charge < -0.3 is 4.74 Å². The predicted molar refractivity (Wildman–Crippen MR) is 88.2 cm³/mol. The molecule has 1 nitrogen and oxygen atoms in total. The van der Waals surface area contributed by atoms with E-state index in [1.165, 1.54) is 23.1 Å². The minimum absolute atomic E-state index is 0.581. The van der Waals surface area contributed by atoms with E-state index in [2.05, 4.69) is 24.8 Å². The van der Waals surface area contributed by atoms with E-state index < -0.39 is 0 Å². The smallest absolute Gasteiger partial charge is 0.128 e. The van der Waals surface area contributed by atoms with Crippen LogP contribution in [-0.4, -0.2) is 0 Å². The second-order valence-electron chi connectivity index (χ2n) is 5.42. The third-order valence-electron chi connectivity index (χ3n) is 3.97. The molecule has 0 heterocycles. The second-order valence-corrected chi connectivity index (χ2v) is 5.83. The zero-order chi connectivity index (χ0) is 14.7. The first-order valence-electron chi connectivity index (χ1n) is 7.40. The van der Waals surface area contributed by atoms with Crippen molar-refractivity contribution in [3.05, 3.63) is 76.3 Å². The molecule has 1 aliphatic rings. The van der Waals surface area contributed by atoms with Gasteiger partial charge >= 0.3 is 0 Å². The molecule has 0 spiro atoms. The number of halogens is 1. The van der Waals surface area contributed by atoms with Crippen LogP contribution in [0.3, 0.4) is 0 Å². The molecular formula is C19H19ClO. The monoisotopic (exact) mass is 298 g/mol. The van der Waals surface area contributed by atoms with E-state index in [1.54, 1.807) is 0 Å². The van der Waals surface area contributed by atoms with Gasteiger partial charge in [-0.2, -0.15) is 0 Å². The van der Waals surface area contributed by atoms with Gasteiger partial charge in [-0.15, -0.1) is 6.58 Å². The lowest BCUT2D eigenvalue weighted by Crippen LogP contribution is -2.03. The standard InChI is InChI=1S/C19H19ClO/c1-2-7-17-18(20)12-15-10-6-11-16(15)19(17)21-13-14-8-4-3-5-9-14/h2-5,8-9,12H,1,6-7,10-11,13H2. The van der Waals surface area contributed by atoms with Gasteiger partial charge in [0.25, 0.3) is 0 Å². The molecule has 0 saturated carbocycles. The molecule has 2 heteroatoms. The van der Waals surface area contributed by atoms with Gasteiger partial charge in [0.1, 0.15) is 12.4 Å². The molecular weight excluding hydrogens is 280 g/mol. The van der Waals surface area contributed by atoms with E-state index >= 15 is 0 Å². The molecule has 21 heavy (non-hydrogen) atoms. The molecule has 3 rings (SSSR count). The molecule has 0 amide bonds. The number of fused-ring (bicyclic) bond motifs is 1. The van der Waals surface area contributed by atoms with Crippen molar-refractivity contribution in [1.82, 2.24) is 0 Å². The molecule has 0 radical (unpaired) electrons. The summed E-state index contributed by atoms with van der Waals surface area (Å²) in [5, 5.41) is 0.804. The lowest BCUT2D eigenvalue weighted by Gasteiger charge is -2.17. The van der Waals surface area contributed by atoms with Gasteiger partial charge in [-0.25, -0.2) is 0 Å². The average Bonchev–Trinajstić information content (AvgIpc) is 2.96. The van der Waals surface area contributed by atoms with Crippen LogP contribution in [0.1, 0.15) is 28.7 Å². The van der Waals surface area contributed by atoms with Crippen LogP contribution in [0.5, 0.6) is 5.75 Å². The van der Waals surface area contributed by atoms with Crippen molar-refractivity contribution >= 4 is 11.6 Å². The molecule has 2 aromatic rings. The van der Waals surface area contributed by atoms with Crippen LogP contribution >= 0.6 is 11.6 Å². The van der Waals surface area contributed by atoms with Gasteiger partial charge in [0.05, 0.1) is 0 Å². The van der Waals surface area contributed by atoms with E-state index in [0.29, 0.717) is 6.61 Å². The molecule has 0 fully saturated rings. The fourth-order valence-electron chi connectivity index (χ4n) is 2.95. The Bertz CT molecular complexity index is 646. The minimum Gasteiger partial charge on any atom is -0.488 e. The van der Waals surface area contributed by atoms with Gasteiger partial charge in [0.2, 0.25) is 0 Å². The van der Waals surface area contributed by atoms with Crippen molar-refractivity contribution in [2.45, 2.75) is 32.3 Å². The summed E-state index contributed by atoms with van der Waals surface area (Å²) in [5.74, 6) is 0.985. The van der Waals surface area contributed by atoms with Gasteiger partial charge in [0, 0.05) is 10.6 Å². The van der Waals surface area contributed by atoms with Crippen LogP contribution in [0, 0.1) is 0 Å². The third-order valence-corrected chi connectivity index (χ3v) is 4.31. The maximum absolute atomic E-state index is 6.45. The van der Waals surface area contributed by atoms with Crippen LogP contribution in [0.4, 0.5) is 0 Å². The Hall–Kier alpha value is -1.73. The van der Waals surface area contributed by atoms with E-state index in [9.17, 15) is 0 Å². The highest BCUT2D eigenvalue weighted by Crippen LogP contribution is 2.39. The van der Waals surface area contributed by atoms with Crippen LogP contribution < -0.4 is 4.74 Å². The summed E-state index contributed by atoms with van der Waals surface area (Å²) in [6.07, 6.45) is 6.00. The van der Waals surface area contributed by atoms with Crippen molar-refractivity contribution in [2.24, 2.45) is 0 Å². The van der Waals surface area contributed by atoms with Gasteiger partial charge in [-0.1, -0.05) is 48.0 Å². The molecule has 0 saturated heterocycles. The SMILES string of the molecule is C=CCc1c(Cl)cc2c(c1OCc1ccccc1)CCC2. The summed E-state index contributed by atoms with van der Waals surface area (Å²) in [5.41, 5.74) is 4.93. The van der Waals surface area contributed by atoms with E-state index in [1.807, 2.05) is 24.3 Å². The van der Waals surface area contributed by atoms with Crippen LogP contribution in [-0.2, 0) is 25.9 Å². The van der Waals surface area contributed by atoms with Crippen molar-refractivity contribution in [1.29, 1.82) is 0 Å². The lowest BCUT2D eigenvalue weighted by atomic mass is 10.0. The van der Waals surface area contributed by atoms with Crippen LogP contribution in [0.2, 0.25) is 5.02 Å². The van der Waals surface area contributed by atoms with Gasteiger partial charge in [-0.3, -0.25) is 0 Å². The number of rotatable bonds is 5. The first-order chi connectivity index (χ1) is 10.3. The highest BCUT2D eigenvalue weighted by atomic mass is 35.5. The summed E-state index contributed by atoms with van der Waals surface area (Å²) in [4.78, 5) is 0. The Kier molecular flexibility index (Phi) is 4.31. The van der Waals surface area contributed by atoms with Gasteiger partial charge in [0.15, 0.2) is 0 Å². The lowest BCUT2D eigenvalue weighted by molar-refractivity contribution is 0.300. The maximum Gasteiger partial charge on any atom is 0.128 e. The molecule has 1 aliphatic carbocycles. The summed E-state index contributed by atoms with van der Waals surface area (Å²) < 4.78 is 6.17. The van der Waals surface area contributed by atoms with Crippen molar-refractivity contribution < 1.29 is 4.74 Å². The highest BCUT2D eigenvalue weighted by Gasteiger charge is 2.21. The van der Waals surface area contributed by atoms with Gasteiger partial charge in [-0.05, 0) is 48.4 Å². The summed E-state index contributed by atoms with van der Waals surface area (Å²) in [7, 11) is 0. The molecule has 0 aromatic heterocycles. The molecule has 108 valence electrons. The average molecular weight is 299 g/mol. The molecule has 0 atom stereocenters. The maximum atomic E-state index is 6.45. The molecule has 0 aliphatic heterocycles. The predicted octanol–water partition coefficient (Wildman–Crippen LogP) is 5.14. The Morgan fingerprint density at radius 2 is 2.00 bits per heavy atom. The van der Waals surface area contributed by atoms with Crippen molar-refractivity contribution in [3.8, 4) is 5.75 Å². The number of allylic oxidation sites excluding steroid dienone is 1. The Morgan fingerprint density at radius 1 is 1.19 bits per heavy atom. The molecule has 0 N–H and O–H groups in total. The Morgan fingerprint density at radius 3 is 2.76 bits per heavy atom. The summed E-state index contributed by atoms with van der Waals surface area (Å²) >= 11 is 6.45. The normalized spacial score (nSPS) is 13.0. The Balaban J connectivity index is 1.93. The van der Waals surface area contributed by atoms with E-state index in [0.717, 1.165) is 35.6 Å². The topological polar surface area (TPSA) is 9.23 Å². The zero-order valence-electron chi connectivity index (χ0n) is 12.1. The van der Waals surface area contributed by atoms with Crippen LogP contribution in [0.25, 0.3) is 0 Å². The molecule has 0 bridgehead atoms. The number of ether oxygens (including phenoxy) is 1. The summed E-state index contributed by atoms with van der Waals surface area (Å²) in [6, 6.07) is 12.4. The Labute approximate surface area is 131 Å². The van der Waals surface area contributed by atoms with E-state index in [4.69, 9.17) is 16.3 Å². The third kappa shape index (κ3) is 2.98. The number of hydrogen-bond acceptors (Lipinski definition) is 1. The number of aryl methyl sites for hydroxylation is 1. The zero-order valence-corrected chi connectivity index (χ0v) is 12.8. The molecule has 2 aromatic carbocycles.